The number of hydrogen-bond donors (Lipinski definition) is 0. The van der Waals surface area contributed by atoms with Gasteiger partial charge in [-0.05, 0) is 37.0 Å². The lowest BCUT2D eigenvalue weighted by Gasteiger charge is -2.42. The zero-order valence-corrected chi connectivity index (χ0v) is 9.13. The fraction of sp³-hybridized carbons (Fsp3) is 1.00. The van der Waals surface area contributed by atoms with Crippen LogP contribution in [0.1, 0.15) is 39.5 Å². The van der Waals surface area contributed by atoms with E-state index in [0.717, 1.165) is 17.8 Å². The van der Waals surface area contributed by atoms with Crippen molar-refractivity contribution < 1.29 is 0 Å². The molecule has 0 N–H and O–H groups in total. The summed E-state index contributed by atoms with van der Waals surface area (Å²) in [4.78, 5) is 2.71. The molecule has 1 nitrogen and oxygen atoms in total. The van der Waals surface area contributed by atoms with Crippen molar-refractivity contribution in [3.8, 4) is 0 Å². The van der Waals surface area contributed by atoms with Gasteiger partial charge in [0.1, 0.15) is 0 Å². The van der Waals surface area contributed by atoms with Gasteiger partial charge >= 0.3 is 0 Å². The number of fused-ring (bicyclic) bond motifs is 2. The Morgan fingerprint density at radius 2 is 1.77 bits per heavy atom. The number of hydrogen-bond acceptors (Lipinski definition) is 1. The second-order valence-corrected chi connectivity index (χ2v) is 5.51. The van der Waals surface area contributed by atoms with Crippen molar-refractivity contribution in [3.05, 3.63) is 0 Å². The van der Waals surface area contributed by atoms with E-state index in [-0.39, 0.29) is 0 Å². The lowest BCUT2D eigenvalue weighted by atomic mass is 9.78. The molecule has 2 bridgehead atoms. The van der Waals surface area contributed by atoms with Crippen molar-refractivity contribution in [2.75, 3.05) is 19.6 Å². The van der Waals surface area contributed by atoms with Crippen LogP contribution in [0.15, 0.2) is 0 Å². The zero-order valence-electron chi connectivity index (χ0n) is 9.13. The molecule has 2 unspecified atom stereocenters. The van der Waals surface area contributed by atoms with E-state index < -0.39 is 0 Å². The minimum absolute atomic E-state index is 0.846. The maximum absolute atomic E-state index is 2.71. The van der Waals surface area contributed by atoms with E-state index in [9.17, 15) is 0 Å². The molecule has 1 heteroatoms. The maximum atomic E-state index is 2.71. The van der Waals surface area contributed by atoms with Gasteiger partial charge in [0, 0.05) is 19.6 Å². The summed E-state index contributed by atoms with van der Waals surface area (Å²) in [7, 11) is 0. The molecule has 2 atom stereocenters. The highest BCUT2D eigenvalue weighted by Gasteiger charge is 2.30. The molecule has 1 aliphatic carbocycles. The predicted molar refractivity (Wildman–Crippen MR) is 56.7 cm³/mol. The molecular formula is C12H23N. The SMILES string of the molecule is CC(C)CN1CC2CCCC(C2)C1. The molecule has 13 heavy (non-hydrogen) atoms. The Labute approximate surface area is 82.5 Å². The first-order chi connectivity index (χ1) is 6.24. The monoisotopic (exact) mass is 181 g/mol. The lowest BCUT2D eigenvalue weighted by molar-refractivity contribution is 0.0776. The second-order valence-electron chi connectivity index (χ2n) is 5.51. The van der Waals surface area contributed by atoms with Crippen molar-refractivity contribution >= 4 is 0 Å². The molecule has 76 valence electrons. The van der Waals surface area contributed by atoms with Gasteiger partial charge in [-0.2, -0.15) is 0 Å². The van der Waals surface area contributed by atoms with Crippen LogP contribution in [0.2, 0.25) is 0 Å². The largest absolute Gasteiger partial charge is 0.303 e. The van der Waals surface area contributed by atoms with E-state index >= 15 is 0 Å². The van der Waals surface area contributed by atoms with Gasteiger partial charge in [-0.1, -0.05) is 20.3 Å². The fourth-order valence-corrected chi connectivity index (χ4v) is 3.20. The van der Waals surface area contributed by atoms with Gasteiger partial charge < -0.3 is 4.90 Å². The molecule has 2 rings (SSSR count). The highest BCUT2D eigenvalue weighted by molar-refractivity contribution is 4.83. The highest BCUT2D eigenvalue weighted by atomic mass is 15.1. The molecule has 1 saturated carbocycles. The second kappa shape index (κ2) is 4.00. The van der Waals surface area contributed by atoms with Gasteiger partial charge in [-0.3, -0.25) is 0 Å². The Morgan fingerprint density at radius 1 is 1.15 bits per heavy atom. The minimum Gasteiger partial charge on any atom is -0.303 e. The minimum atomic E-state index is 0.846. The van der Waals surface area contributed by atoms with Crippen LogP contribution >= 0.6 is 0 Å². The highest BCUT2D eigenvalue weighted by Crippen LogP contribution is 2.34. The smallest absolute Gasteiger partial charge is 0.000999 e. The molecule has 0 aromatic rings. The number of likely N-dealkylation sites (tertiary alicyclic amines) is 1. The van der Waals surface area contributed by atoms with E-state index in [0.29, 0.717) is 0 Å². The molecule has 2 aliphatic rings. The standard InChI is InChI=1S/C12H23N/c1-10(2)7-13-8-11-4-3-5-12(6-11)9-13/h10-12H,3-9H2,1-2H3. The van der Waals surface area contributed by atoms with Gasteiger partial charge in [0.15, 0.2) is 0 Å². The van der Waals surface area contributed by atoms with Crippen LogP contribution in [-0.2, 0) is 0 Å². The van der Waals surface area contributed by atoms with E-state index in [4.69, 9.17) is 0 Å². The van der Waals surface area contributed by atoms with Gasteiger partial charge in [0.05, 0.1) is 0 Å². The van der Waals surface area contributed by atoms with Crippen LogP contribution in [-0.4, -0.2) is 24.5 Å². The van der Waals surface area contributed by atoms with Crippen LogP contribution < -0.4 is 0 Å². The van der Waals surface area contributed by atoms with E-state index in [2.05, 4.69) is 18.7 Å². The van der Waals surface area contributed by atoms with Crippen molar-refractivity contribution in [1.82, 2.24) is 4.90 Å². The van der Waals surface area contributed by atoms with E-state index in [1.165, 1.54) is 45.3 Å². The van der Waals surface area contributed by atoms with Crippen molar-refractivity contribution in [3.63, 3.8) is 0 Å². The zero-order chi connectivity index (χ0) is 9.26. The van der Waals surface area contributed by atoms with Crippen molar-refractivity contribution in [1.29, 1.82) is 0 Å². The van der Waals surface area contributed by atoms with Gasteiger partial charge in [0.2, 0.25) is 0 Å². The van der Waals surface area contributed by atoms with Crippen LogP contribution in [0, 0.1) is 17.8 Å². The van der Waals surface area contributed by atoms with Crippen LogP contribution in [0.25, 0.3) is 0 Å². The molecule has 0 aromatic heterocycles. The van der Waals surface area contributed by atoms with Gasteiger partial charge in [-0.25, -0.2) is 0 Å². The summed E-state index contributed by atoms with van der Waals surface area (Å²) in [5, 5.41) is 0. The van der Waals surface area contributed by atoms with Gasteiger partial charge in [0.25, 0.3) is 0 Å². The lowest BCUT2D eigenvalue weighted by Crippen LogP contribution is -2.43. The third kappa shape index (κ3) is 2.46. The summed E-state index contributed by atoms with van der Waals surface area (Å²) in [5.74, 6) is 2.94. The Kier molecular flexibility index (Phi) is 2.92. The Bertz CT molecular complexity index is 153. The quantitative estimate of drug-likeness (QED) is 0.633. The normalized spacial score (nSPS) is 35.3. The first kappa shape index (κ1) is 9.51. The molecular weight excluding hydrogens is 158 g/mol. The summed E-state index contributed by atoms with van der Waals surface area (Å²) in [6, 6.07) is 0. The van der Waals surface area contributed by atoms with Crippen LogP contribution in [0.3, 0.4) is 0 Å². The van der Waals surface area contributed by atoms with Gasteiger partial charge in [-0.15, -0.1) is 0 Å². The van der Waals surface area contributed by atoms with Crippen LogP contribution in [0.5, 0.6) is 0 Å². The van der Waals surface area contributed by atoms with E-state index in [1.807, 2.05) is 0 Å². The molecule has 1 heterocycles. The summed E-state index contributed by atoms with van der Waals surface area (Å²) in [5.41, 5.74) is 0. The Balaban J connectivity index is 1.86. The summed E-state index contributed by atoms with van der Waals surface area (Å²) in [6.45, 7) is 8.80. The summed E-state index contributed by atoms with van der Waals surface area (Å²) in [6.07, 6.45) is 6.05. The molecule has 0 aromatic carbocycles. The molecule has 0 amide bonds. The average Bonchev–Trinajstić information content (AvgIpc) is 2.01. The molecule has 0 radical (unpaired) electrons. The topological polar surface area (TPSA) is 3.24 Å². The van der Waals surface area contributed by atoms with E-state index in [1.54, 1.807) is 0 Å². The Morgan fingerprint density at radius 3 is 2.31 bits per heavy atom. The van der Waals surface area contributed by atoms with Crippen LogP contribution in [0.4, 0.5) is 0 Å². The third-order valence-corrected chi connectivity index (χ3v) is 3.55. The van der Waals surface area contributed by atoms with Crippen molar-refractivity contribution in [2.24, 2.45) is 17.8 Å². The number of piperidine rings is 1. The molecule has 2 fully saturated rings. The first-order valence-electron chi connectivity index (χ1n) is 5.96. The predicted octanol–water partition coefficient (Wildman–Crippen LogP) is 2.76. The fourth-order valence-electron chi connectivity index (χ4n) is 3.20. The van der Waals surface area contributed by atoms with Crippen molar-refractivity contribution in [2.45, 2.75) is 39.5 Å². The summed E-state index contributed by atoms with van der Waals surface area (Å²) >= 11 is 0. The molecule has 1 saturated heterocycles. The summed E-state index contributed by atoms with van der Waals surface area (Å²) < 4.78 is 0. The maximum Gasteiger partial charge on any atom is 0.000999 e. The molecule has 1 aliphatic heterocycles. The first-order valence-corrected chi connectivity index (χ1v) is 5.96. The average molecular weight is 181 g/mol. The Hall–Kier alpha value is -0.0400. The number of rotatable bonds is 2. The third-order valence-electron chi connectivity index (χ3n) is 3.55. The number of nitrogens with zero attached hydrogens (tertiary/aromatic N) is 1. The molecule has 0 spiro atoms.